The lowest BCUT2D eigenvalue weighted by molar-refractivity contribution is -0.132. The predicted octanol–water partition coefficient (Wildman–Crippen LogP) is -1.31. The van der Waals surface area contributed by atoms with E-state index in [1.165, 1.54) is 6.07 Å². The molecule has 0 saturated carbocycles. The minimum Gasteiger partial charge on any atom is -0.390 e. The van der Waals surface area contributed by atoms with Crippen LogP contribution in [-0.4, -0.2) is 53.4 Å². The number of aliphatic hydroxyl groups is 1. The number of aromatic nitrogens is 1. The Labute approximate surface area is 104 Å². The Morgan fingerprint density at radius 1 is 1.61 bits per heavy atom. The summed E-state index contributed by atoms with van der Waals surface area (Å²) in [6.45, 7) is 2.13. The molecule has 7 heteroatoms. The van der Waals surface area contributed by atoms with E-state index in [0.717, 1.165) is 0 Å². The minimum atomic E-state index is -0.526. The van der Waals surface area contributed by atoms with Crippen LogP contribution in [0.15, 0.2) is 15.4 Å². The van der Waals surface area contributed by atoms with E-state index in [1.54, 1.807) is 4.90 Å². The quantitative estimate of drug-likeness (QED) is 0.623. The van der Waals surface area contributed by atoms with Gasteiger partial charge in [0.1, 0.15) is 5.76 Å². The average Bonchev–Trinajstić information content (AvgIpc) is 2.63. The molecule has 100 valence electrons. The van der Waals surface area contributed by atoms with Gasteiger partial charge in [-0.25, -0.2) is 0 Å². The van der Waals surface area contributed by atoms with Crippen LogP contribution in [-0.2, 0) is 11.2 Å². The number of β-amino-alcohol motifs (C(OH)–C–C–N with tert-alkyl or cyclic N) is 1. The summed E-state index contributed by atoms with van der Waals surface area (Å²) in [7, 11) is 0. The summed E-state index contributed by atoms with van der Waals surface area (Å²) >= 11 is 0. The van der Waals surface area contributed by atoms with E-state index in [4.69, 9.17) is 4.52 Å². The van der Waals surface area contributed by atoms with Crippen molar-refractivity contribution < 1.29 is 14.4 Å². The maximum Gasteiger partial charge on any atom is 0.280 e. The Balaban J connectivity index is 1.85. The number of nitrogens with one attached hydrogen (secondary N) is 2. The second kappa shape index (κ2) is 5.83. The Hall–Kier alpha value is -1.60. The fourth-order valence-corrected chi connectivity index (χ4v) is 1.95. The van der Waals surface area contributed by atoms with E-state index in [0.29, 0.717) is 38.4 Å². The summed E-state index contributed by atoms with van der Waals surface area (Å²) in [5, 5.41) is 14.8. The van der Waals surface area contributed by atoms with Gasteiger partial charge in [0.25, 0.3) is 5.56 Å². The van der Waals surface area contributed by atoms with Crippen molar-refractivity contribution in [2.45, 2.75) is 18.9 Å². The second-order valence-electron chi connectivity index (χ2n) is 4.38. The first kappa shape index (κ1) is 12.8. The molecule has 0 aromatic carbocycles. The number of carbonyl (C=O) groups excluding carboxylic acids is 1. The van der Waals surface area contributed by atoms with E-state index < -0.39 is 6.10 Å². The van der Waals surface area contributed by atoms with E-state index >= 15 is 0 Å². The summed E-state index contributed by atoms with van der Waals surface area (Å²) < 4.78 is 4.88. The van der Waals surface area contributed by atoms with Crippen molar-refractivity contribution in [3.05, 3.63) is 22.2 Å². The van der Waals surface area contributed by atoms with Crippen LogP contribution in [0.5, 0.6) is 0 Å². The van der Waals surface area contributed by atoms with Gasteiger partial charge in [0.15, 0.2) is 0 Å². The molecule has 1 aliphatic heterocycles. The summed E-state index contributed by atoms with van der Waals surface area (Å²) in [4.78, 5) is 24.4. The van der Waals surface area contributed by atoms with Gasteiger partial charge in [0.2, 0.25) is 5.91 Å². The van der Waals surface area contributed by atoms with Gasteiger partial charge in [-0.1, -0.05) is 0 Å². The number of H-pyrrole nitrogens is 1. The molecule has 1 unspecified atom stereocenters. The molecule has 0 radical (unpaired) electrons. The molecule has 1 atom stereocenters. The zero-order chi connectivity index (χ0) is 13.0. The van der Waals surface area contributed by atoms with Gasteiger partial charge in [-0.15, -0.1) is 0 Å². The number of carbonyl (C=O) groups is 1. The van der Waals surface area contributed by atoms with Crippen molar-refractivity contribution in [2.75, 3.05) is 26.2 Å². The van der Waals surface area contributed by atoms with Crippen LogP contribution >= 0.6 is 0 Å². The number of hydrogen-bond donors (Lipinski definition) is 3. The lowest BCUT2D eigenvalue weighted by Crippen LogP contribution is -2.37. The summed E-state index contributed by atoms with van der Waals surface area (Å²) in [5.74, 6) is 0.434. The third kappa shape index (κ3) is 3.44. The highest BCUT2D eigenvalue weighted by Gasteiger charge is 2.20. The number of rotatable bonds is 3. The van der Waals surface area contributed by atoms with E-state index in [2.05, 4.69) is 10.5 Å². The molecular weight excluding hydrogens is 238 g/mol. The molecule has 0 spiro atoms. The molecule has 0 bridgehead atoms. The fourth-order valence-electron chi connectivity index (χ4n) is 1.95. The number of hydrogen-bond acceptors (Lipinski definition) is 5. The lowest BCUT2D eigenvalue weighted by atomic mass is 10.2. The van der Waals surface area contributed by atoms with Gasteiger partial charge in [-0.05, 0) is 0 Å². The highest BCUT2D eigenvalue weighted by molar-refractivity contribution is 5.76. The van der Waals surface area contributed by atoms with Crippen LogP contribution in [0.3, 0.4) is 0 Å². The van der Waals surface area contributed by atoms with Crippen LogP contribution in [0.1, 0.15) is 12.2 Å². The second-order valence-corrected chi connectivity index (χ2v) is 4.38. The third-order valence-electron chi connectivity index (χ3n) is 2.88. The van der Waals surface area contributed by atoms with Gasteiger partial charge in [-0.3, -0.25) is 9.59 Å². The highest BCUT2D eigenvalue weighted by Crippen LogP contribution is 2.04. The maximum atomic E-state index is 11.9. The van der Waals surface area contributed by atoms with Crippen molar-refractivity contribution in [2.24, 2.45) is 0 Å². The molecule has 2 heterocycles. The molecular formula is C11H17N3O4. The van der Waals surface area contributed by atoms with Crippen molar-refractivity contribution in [1.82, 2.24) is 15.4 Å². The normalized spacial score (nSPS) is 20.7. The highest BCUT2D eigenvalue weighted by atomic mass is 16.5. The zero-order valence-electron chi connectivity index (χ0n) is 10.0. The smallest absolute Gasteiger partial charge is 0.280 e. The van der Waals surface area contributed by atoms with Gasteiger partial charge in [0, 0.05) is 45.1 Å². The molecule has 1 fully saturated rings. The monoisotopic (exact) mass is 255 g/mol. The van der Waals surface area contributed by atoms with Crippen molar-refractivity contribution >= 4 is 5.91 Å². The Bertz CT molecular complexity index is 453. The number of nitrogens with zero attached hydrogens (tertiary/aromatic N) is 1. The van der Waals surface area contributed by atoms with Crippen molar-refractivity contribution in [1.29, 1.82) is 0 Å². The van der Waals surface area contributed by atoms with Crippen molar-refractivity contribution in [3.63, 3.8) is 0 Å². The molecule has 3 N–H and O–H groups in total. The van der Waals surface area contributed by atoms with Crippen LogP contribution in [0.4, 0.5) is 0 Å². The van der Waals surface area contributed by atoms with E-state index in [9.17, 15) is 14.7 Å². The average molecular weight is 255 g/mol. The van der Waals surface area contributed by atoms with E-state index in [1.807, 2.05) is 0 Å². The molecule has 7 nitrogen and oxygen atoms in total. The lowest BCUT2D eigenvalue weighted by Gasteiger charge is -2.21. The van der Waals surface area contributed by atoms with E-state index in [-0.39, 0.29) is 17.9 Å². The minimum absolute atomic E-state index is 0.0402. The Morgan fingerprint density at radius 2 is 2.44 bits per heavy atom. The van der Waals surface area contributed by atoms with Gasteiger partial charge in [0.05, 0.1) is 6.10 Å². The topological polar surface area (TPSA) is 98.6 Å². The van der Waals surface area contributed by atoms with Gasteiger partial charge < -0.3 is 19.8 Å². The number of aromatic amines is 1. The maximum absolute atomic E-state index is 11.9. The first-order chi connectivity index (χ1) is 8.65. The van der Waals surface area contributed by atoms with Crippen LogP contribution in [0, 0.1) is 0 Å². The number of aliphatic hydroxyl groups excluding tert-OH is 1. The number of amides is 1. The molecule has 1 saturated heterocycles. The largest absolute Gasteiger partial charge is 0.390 e. The van der Waals surface area contributed by atoms with Gasteiger partial charge >= 0.3 is 0 Å². The molecule has 1 aromatic rings. The molecule has 1 aliphatic rings. The zero-order valence-corrected chi connectivity index (χ0v) is 10.0. The molecule has 2 rings (SSSR count). The SMILES string of the molecule is O=C(CCc1cc(=O)[nH]o1)N1CCNCC(O)C1. The third-order valence-corrected chi connectivity index (χ3v) is 2.88. The van der Waals surface area contributed by atoms with Crippen LogP contribution < -0.4 is 10.9 Å². The molecule has 1 amide bonds. The Morgan fingerprint density at radius 3 is 3.17 bits per heavy atom. The molecule has 1 aromatic heterocycles. The van der Waals surface area contributed by atoms with Crippen LogP contribution in [0.25, 0.3) is 0 Å². The van der Waals surface area contributed by atoms with Crippen molar-refractivity contribution in [3.8, 4) is 0 Å². The molecule has 0 aliphatic carbocycles. The van der Waals surface area contributed by atoms with Crippen LogP contribution in [0.2, 0.25) is 0 Å². The molecule has 18 heavy (non-hydrogen) atoms. The predicted molar refractivity (Wildman–Crippen MR) is 63.1 cm³/mol. The summed E-state index contributed by atoms with van der Waals surface area (Å²) in [6.07, 6.45) is 0.132. The first-order valence-corrected chi connectivity index (χ1v) is 5.99. The fraction of sp³-hybridized carbons (Fsp3) is 0.636. The summed E-state index contributed by atoms with van der Waals surface area (Å²) in [6, 6.07) is 1.34. The van der Waals surface area contributed by atoms with Gasteiger partial charge in [-0.2, -0.15) is 5.16 Å². The summed E-state index contributed by atoms with van der Waals surface area (Å²) in [5.41, 5.74) is -0.299. The standard InChI is InChI=1S/C11H17N3O4/c15-8-6-12-3-4-14(7-8)11(17)2-1-9-5-10(16)13-18-9/h5,8,12,15H,1-4,6-7H2,(H,13,16). The number of aryl methyl sites for hydroxylation is 1. The first-order valence-electron chi connectivity index (χ1n) is 5.99. The Kier molecular flexibility index (Phi) is 4.16.